The molecule has 144 valence electrons. The van der Waals surface area contributed by atoms with Gasteiger partial charge < -0.3 is 19.7 Å². The van der Waals surface area contributed by atoms with E-state index in [1.807, 2.05) is 0 Å². The lowest BCUT2D eigenvalue weighted by Gasteiger charge is -2.22. The van der Waals surface area contributed by atoms with Gasteiger partial charge in [0.2, 0.25) is 0 Å². The highest BCUT2D eigenvalue weighted by Crippen LogP contribution is 2.20. The number of likely N-dealkylation sites (tertiary alicyclic amines) is 1. The molecule has 0 bridgehead atoms. The number of hydrogen-bond donors (Lipinski definition) is 1. The maximum Gasteiger partial charge on any atom is 0.193 e. The second-order valence-electron chi connectivity index (χ2n) is 6.32. The van der Waals surface area contributed by atoms with E-state index in [0.29, 0.717) is 25.0 Å². The molecule has 5 nitrogen and oxygen atoms in total. The van der Waals surface area contributed by atoms with E-state index in [9.17, 15) is 0 Å². The van der Waals surface area contributed by atoms with Gasteiger partial charge in [0.1, 0.15) is 0 Å². The van der Waals surface area contributed by atoms with Crippen LogP contribution in [0.1, 0.15) is 31.7 Å². The molecule has 0 saturated carbocycles. The molecule has 1 fully saturated rings. The predicted molar refractivity (Wildman–Crippen MR) is 117 cm³/mol. The minimum Gasteiger partial charge on any atom is -0.382 e. The van der Waals surface area contributed by atoms with Crippen molar-refractivity contribution in [2.75, 3.05) is 53.1 Å². The van der Waals surface area contributed by atoms with Crippen molar-refractivity contribution in [3.63, 3.8) is 0 Å². The summed E-state index contributed by atoms with van der Waals surface area (Å²) in [6.07, 6.45) is 1.16. The molecule has 1 aliphatic heterocycles. The molecule has 2 heterocycles. The number of hydrogen-bond acceptors (Lipinski definition) is 4. The van der Waals surface area contributed by atoms with Crippen LogP contribution in [0.5, 0.6) is 0 Å². The summed E-state index contributed by atoms with van der Waals surface area (Å²) < 4.78 is 10.7. The first-order valence-corrected chi connectivity index (χ1v) is 9.80. The number of methoxy groups -OCH3 is 1. The van der Waals surface area contributed by atoms with Gasteiger partial charge in [-0.2, -0.15) is 11.3 Å². The smallest absolute Gasteiger partial charge is 0.193 e. The number of ether oxygens (including phenoxy) is 2. The topological polar surface area (TPSA) is 46.1 Å². The third kappa shape index (κ3) is 7.80. The predicted octanol–water partition coefficient (Wildman–Crippen LogP) is 3.42. The van der Waals surface area contributed by atoms with E-state index < -0.39 is 0 Å². The number of rotatable bonds is 9. The number of guanidine groups is 1. The number of aliphatic imine (C=N–C) groups is 1. The molecule has 0 aliphatic carbocycles. The fraction of sp³-hybridized carbons (Fsp3) is 0.722. The third-order valence-electron chi connectivity index (χ3n) is 4.33. The molecule has 1 aromatic rings. The van der Waals surface area contributed by atoms with Crippen LogP contribution in [-0.2, 0) is 9.47 Å². The van der Waals surface area contributed by atoms with E-state index in [1.54, 1.807) is 18.4 Å². The van der Waals surface area contributed by atoms with Gasteiger partial charge in [0.15, 0.2) is 5.96 Å². The summed E-state index contributed by atoms with van der Waals surface area (Å²) in [5.74, 6) is 2.08. The molecule has 1 aromatic heterocycles. The first kappa shape index (κ1) is 22.7. The fourth-order valence-electron chi connectivity index (χ4n) is 2.86. The molecule has 2 unspecified atom stereocenters. The van der Waals surface area contributed by atoms with Crippen molar-refractivity contribution < 1.29 is 9.47 Å². The molecule has 7 heteroatoms. The van der Waals surface area contributed by atoms with Crippen LogP contribution in [0.15, 0.2) is 21.8 Å². The second kappa shape index (κ2) is 12.9. The zero-order chi connectivity index (χ0) is 17.2. The maximum atomic E-state index is 5.68. The quantitative estimate of drug-likeness (QED) is 0.254. The van der Waals surface area contributed by atoms with E-state index in [4.69, 9.17) is 14.5 Å². The fourth-order valence-corrected chi connectivity index (χ4v) is 3.65. The number of nitrogens with zero attached hydrogens (tertiary/aromatic N) is 2. The van der Waals surface area contributed by atoms with E-state index in [-0.39, 0.29) is 24.0 Å². The zero-order valence-corrected chi connectivity index (χ0v) is 18.7. The molecule has 0 radical (unpaired) electrons. The average molecular weight is 481 g/mol. The van der Waals surface area contributed by atoms with E-state index >= 15 is 0 Å². The van der Waals surface area contributed by atoms with Crippen LogP contribution >= 0.6 is 35.3 Å². The van der Waals surface area contributed by atoms with Gasteiger partial charge in [0, 0.05) is 45.1 Å². The Balaban J connectivity index is 0.00000312. The van der Waals surface area contributed by atoms with Crippen LogP contribution in [0.4, 0.5) is 0 Å². The van der Waals surface area contributed by atoms with Crippen molar-refractivity contribution in [3.05, 3.63) is 22.4 Å². The van der Waals surface area contributed by atoms with Gasteiger partial charge in [-0.1, -0.05) is 6.92 Å². The maximum absolute atomic E-state index is 5.68. The van der Waals surface area contributed by atoms with Crippen LogP contribution < -0.4 is 5.32 Å². The van der Waals surface area contributed by atoms with Crippen LogP contribution in [0.3, 0.4) is 0 Å². The summed E-state index contributed by atoms with van der Waals surface area (Å²) in [5, 5.41) is 7.79. The lowest BCUT2D eigenvalue weighted by molar-refractivity contribution is 0.0536. The minimum absolute atomic E-state index is 0. The third-order valence-corrected chi connectivity index (χ3v) is 5.03. The highest BCUT2D eigenvalue weighted by molar-refractivity contribution is 14.0. The highest BCUT2D eigenvalue weighted by atomic mass is 127. The van der Waals surface area contributed by atoms with E-state index in [0.717, 1.165) is 45.2 Å². The van der Waals surface area contributed by atoms with Crippen molar-refractivity contribution in [1.82, 2.24) is 10.2 Å². The Morgan fingerprint density at radius 3 is 3.00 bits per heavy atom. The van der Waals surface area contributed by atoms with Gasteiger partial charge in [0.25, 0.3) is 0 Å². The average Bonchev–Trinajstić information content (AvgIpc) is 3.27. The first-order chi connectivity index (χ1) is 11.7. The summed E-state index contributed by atoms with van der Waals surface area (Å²) in [6, 6.07) is 2.20. The van der Waals surface area contributed by atoms with Crippen LogP contribution in [0.25, 0.3) is 0 Å². The van der Waals surface area contributed by atoms with Crippen molar-refractivity contribution in [2.45, 2.75) is 26.2 Å². The zero-order valence-electron chi connectivity index (χ0n) is 15.6. The van der Waals surface area contributed by atoms with Crippen molar-refractivity contribution >= 4 is 41.3 Å². The summed E-state index contributed by atoms with van der Waals surface area (Å²) in [5.41, 5.74) is 1.38. The van der Waals surface area contributed by atoms with Gasteiger partial charge in [-0.15, -0.1) is 24.0 Å². The Morgan fingerprint density at radius 2 is 2.32 bits per heavy atom. The van der Waals surface area contributed by atoms with Gasteiger partial charge >= 0.3 is 0 Å². The summed E-state index contributed by atoms with van der Waals surface area (Å²) in [4.78, 5) is 7.24. The minimum atomic E-state index is 0. The Kier molecular flexibility index (Phi) is 11.7. The molecule has 0 spiro atoms. The Bertz CT molecular complexity index is 485. The monoisotopic (exact) mass is 481 g/mol. The molecule has 1 aliphatic rings. The molecule has 1 N–H and O–H groups in total. The van der Waals surface area contributed by atoms with E-state index in [1.165, 1.54) is 5.56 Å². The summed E-state index contributed by atoms with van der Waals surface area (Å²) in [6.45, 7) is 10.3. The Hall–Kier alpha value is -0.380. The lowest BCUT2D eigenvalue weighted by Crippen LogP contribution is -2.40. The molecule has 0 amide bonds. The SMILES string of the molecule is CCNC(=NCC(C)c1ccsc1)N1CCC(COCCOC)C1.I. The molecular formula is C18H32IN3O2S. The lowest BCUT2D eigenvalue weighted by atomic mass is 10.1. The normalized spacial score (nSPS) is 18.9. The molecule has 2 rings (SSSR count). The Labute approximate surface area is 173 Å². The molecule has 0 aromatic carbocycles. The van der Waals surface area contributed by atoms with Gasteiger partial charge in [-0.05, 0) is 35.7 Å². The van der Waals surface area contributed by atoms with Crippen molar-refractivity contribution in [1.29, 1.82) is 0 Å². The number of thiophene rings is 1. The van der Waals surface area contributed by atoms with Crippen LogP contribution in [0.2, 0.25) is 0 Å². The van der Waals surface area contributed by atoms with Gasteiger partial charge in [-0.3, -0.25) is 4.99 Å². The number of nitrogens with one attached hydrogen (secondary N) is 1. The van der Waals surface area contributed by atoms with Crippen molar-refractivity contribution in [2.24, 2.45) is 10.9 Å². The summed E-state index contributed by atoms with van der Waals surface area (Å²) in [7, 11) is 1.71. The van der Waals surface area contributed by atoms with Crippen molar-refractivity contribution in [3.8, 4) is 0 Å². The molecule has 2 atom stereocenters. The Morgan fingerprint density at radius 1 is 1.48 bits per heavy atom. The number of halogens is 1. The molecular weight excluding hydrogens is 449 g/mol. The van der Waals surface area contributed by atoms with Gasteiger partial charge in [-0.25, -0.2) is 0 Å². The molecule has 25 heavy (non-hydrogen) atoms. The van der Waals surface area contributed by atoms with Crippen LogP contribution in [-0.4, -0.2) is 64.0 Å². The summed E-state index contributed by atoms with van der Waals surface area (Å²) >= 11 is 1.75. The highest BCUT2D eigenvalue weighted by Gasteiger charge is 2.25. The largest absolute Gasteiger partial charge is 0.382 e. The van der Waals surface area contributed by atoms with E-state index in [2.05, 4.69) is 40.9 Å². The van der Waals surface area contributed by atoms with Gasteiger partial charge in [0.05, 0.1) is 19.8 Å². The second-order valence-corrected chi connectivity index (χ2v) is 7.10. The first-order valence-electron chi connectivity index (χ1n) is 8.86. The standard InChI is InChI=1S/C18H31N3O2S.HI/c1-4-19-18(20-11-15(2)17-6-10-24-14-17)21-7-5-16(12-21)13-23-9-8-22-3;/h6,10,14-16H,4-5,7-9,11-13H2,1-3H3,(H,19,20);1H. The van der Waals surface area contributed by atoms with Crippen LogP contribution in [0, 0.1) is 5.92 Å². The molecule has 1 saturated heterocycles.